The molecule has 17 heavy (non-hydrogen) atoms. The van der Waals surface area contributed by atoms with E-state index >= 15 is 0 Å². The van der Waals surface area contributed by atoms with Crippen LogP contribution in [-0.4, -0.2) is 4.99 Å². The summed E-state index contributed by atoms with van der Waals surface area (Å²) in [6.07, 6.45) is 4.11. The molecule has 0 radical (unpaired) electrons. The Morgan fingerprint density at radius 3 is 2.47 bits per heavy atom. The lowest BCUT2D eigenvalue weighted by Gasteiger charge is -2.15. The minimum Gasteiger partial charge on any atom is -0.393 e. The summed E-state index contributed by atoms with van der Waals surface area (Å²) in [6.45, 7) is 6.63. The summed E-state index contributed by atoms with van der Waals surface area (Å²) >= 11 is 4.98. The van der Waals surface area contributed by atoms with Crippen LogP contribution >= 0.6 is 12.2 Å². The zero-order valence-electron chi connectivity index (χ0n) is 11.1. The first kappa shape index (κ1) is 14.2. The first-order chi connectivity index (χ1) is 8.06. The lowest BCUT2D eigenvalue weighted by molar-refractivity contribution is 0.603. The fourth-order valence-corrected chi connectivity index (χ4v) is 2.51. The van der Waals surface area contributed by atoms with Crippen LogP contribution in [0.4, 0.5) is 0 Å². The topological polar surface area (TPSA) is 26.0 Å². The van der Waals surface area contributed by atoms with Gasteiger partial charge < -0.3 is 5.73 Å². The molecular weight excluding hydrogens is 226 g/mol. The van der Waals surface area contributed by atoms with E-state index in [9.17, 15) is 0 Å². The first-order valence-corrected chi connectivity index (χ1v) is 6.86. The summed E-state index contributed by atoms with van der Waals surface area (Å²) in [4.78, 5) is 0.627. The zero-order valence-corrected chi connectivity index (χ0v) is 11.9. The van der Waals surface area contributed by atoms with Crippen LogP contribution in [0.5, 0.6) is 0 Å². The molecule has 94 valence electrons. The van der Waals surface area contributed by atoms with Gasteiger partial charge in [0.2, 0.25) is 0 Å². The molecule has 1 nitrogen and oxygen atoms in total. The van der Waals surface area contributed by atoms with Crippen molar-refractivity contribution in [2.24, 2.45) is 11.7 Å². The van der Waals surface area contributed by atoms with Gasteiger partial charge in [0.1, 0.15) is 0 Å². The summed E-state index contributed by atoms with van der Waals surface area (Å²) in [5.41, 5.74) is 9.95. The van der Waals surface area contributed by atoms with E-state index < -0.39 is 0 Å². The van der Waals surface area contributed by atoms with Crippen LogP contribution in [0.1, 0.15) is 43.9 Å². The van der Waals surface area contributed by atoms with E-state index in [1.807, 2.05) is 0 Å². The predicted octanol–water partition coefficient (Wildman–Crippen LogP) is 3.67. The van der Waals surface area contributed by atoms with Crippen LogP contribution in [0.15, 0.2) is 18.2 Å². The maximum atomic E-state index is 5.61. The van der Waals surface area contributed by atoms with Crippen LogP contribution in [0.2, 0.25) is 0 Å². The Hall–Kier alpha value is -0.890. The normalized spacial score (nSPS) is 12.4. The van der Waals surface area contributed by atoms with Gasteiger partial charge in [0, 0.05) is 6.42 Å². The van der Waals surface area contributed by atoms with Gasteiger partial charge in [-0.1, -0.05) is 51.2 Å². The summed E-state index contributed by atoms with van der Waals surface area (Å²) in [5.74, 6) is 0.532. The Kier molecular flexibility index (Phi) is 5.63. The molecule has 1 unspecified atom stereocenters. The van der Waals surface area contributed by atoms with Gasteiger partial charge >= 0.3 is 0 Å². The molecule has 2 N–H and O–H groups in total. The van der Waals surface area contributed by atoms with Crippen molar-refractivity contribution in [2.75, 3.05) is 0 Å². The molecule has 0 saturated heterocycles. The summed E-state index contributed by atoms with van der Waals surface area (Å²) in [5, 5.41) is 0. The Morgan fingerprint density at radius 2 is 1.94 bits per heavy atom. The molecule has 1 atom stereocenters. The highest BCUT2D eigenvalue weighted by Crippen LogP contribution is 2.19. The molecule has 0 aliphatic carbocycles. The lowest BCUT2D eigenvalue weighted by atomic mass is 9.92. The SMILES string of the molecule is CCc1ccc(CC)c(CC(C)CC(N)=S)c1. The van der Waals surface area contributed by atoms with Crippen LogP contribution in [0.25, 0.3) is 0 Å². The summed E-state index contributed by atoms with van der Waals surface area (Å²) < 4.78 is 0. The molecule has 1 aromatic rings. The van der Waals surface area contributed by atoms with Crippen molar-refractivity contribution >= 4 is 17.2 Å². The van der Waals surface area contributed by atoms with E-state index in [1.165, 1.54) is 16.7 Å². The molecule has 0 bridgehead atoms. The van der Waals surface area contributed by atoms with Crippen molar-refractivity contribution in [1.29, 1.82) is 0 Å². The van der Waals surface area contributed by atoms with E-state index in [4.69, 9.17) is 18.0 Å². The van der Waals surface area contributed by atoms with Crippen molar-refractivity contribution in [2.45, 2.75) is 46.5 Å². The maximum absolute atomic E-state index is 5.61. The number of rotatable bonds is 6. The van der Waals surface area contributed by atoms with Crippen LogP contribution < -0.4 is 5.73 Å². The molecule has 0 saturated carbocycles. The molecule has 0 fully saturated rings. The highest BCUT2D eigenvalue weighted by molar-refractivity contribution is 7.80. The molecule has 1 rings (SSSR count). The number of benzene rings is 1. The van der Waals surface area contributed by atoms with Crippen molar-refractivity contribution in [3.8, 4) is 0 Å². The number of nitrogens with two attached hydrogens (primary N) is 1. The van der Waals surface area contributed by atoms with Gasteiger partial charge in [0.25, 0.3) is 0 Å². The Labute approximate surface area is 110 Å². The first-order valence-electron chi connectivity index (χ1n) is 6.45. The van der Waals surface area contributed by atoms with Crippen molar-refractivity contribution in [1.82, 2.24) is 0 Å². The maximum Gasteiger partial charge on any atom is 0.0730 e. The van der Waals surface area contributed by atoms with Gasteiger partial charge in [-0.2, -0.15) is 0 Å². The minimum absolute atomic E-state index is 0.532. The molecule has 0 spiro atoms. The third-order valence-electron chi connectivity index (χ3n) is 3.18. The van der Waals surface area contributed by atoms with Crippen molar-refractivity contribution < 1.29 is 0 Å². The van der Waals surface area contributed by atoms with Crippen LogP contribution in [0.3, 0.4) is 0 Å². The van der Waals surface area contributed by atoms with Crippen LogP contribution in [0, 0.1) is 5.92 Å². The van der Waals surface area contributed by atoms with Gasteiger partial charge in [0.05, 0.1) is 4.99 Å². The molecule has 1 aromatic carbocycles. The number of thiocarbonyl (C=S) groups is 1. The van der Waals surface area contributed by atoms with Crippen molar-refractivity contribution in [3.63, 3.8) is 0 Å². The van der Waals surface area contributed by atoms with Gasteiger partial charge in [-0.05, 0) is 41.9 Å². The number of hydrogen-bond acceptors (Lipinski definition) is 1. The molecule has 0 heterocycles. The molecule has 0 aromatic heterocycles. The van der Waals surface area contributed by atoms with Crippen LogP contribution in [-0.2, 0) is 19.3 Å². The Balaban J connectivity index is 2.83. The van der Waals surface area contributed by atoms with Gasteiger partial charge in [-0.3, -0.25) is 0 Å². The van der Waals surface area contributed by atoms with Crippen molar-refractivity contribution in [3.05, 3.63) is 34.9 Å². The third-order valence-corrected chi connectivity index (χ3v) is 3.34. The predicted molar refractivity (Wildman–Crippen MR) is 79.5 cm³/mol. The fraction of sp³-hybridized carbons (Fsp3) is 0.533. The number of hydrogen-bond donors (Lipinski definition) is 1. The lowest BCUT2D eigenvalue weighted by Crippen LogP contribution is -2.14. The zero-order chi connectivity index (χ0) is 12.8. The average Bonchev–Trinajstić information content (AvgIpc) is 2.27. The van der Waals surface area contributed by atoms with E-state index in [0.717, 1.165) is 25.7 Å². The highest BCUT2D eigenvalue weighted by Gasteiger charge is 2.09. The van der Waals surface area contributed by atoms with Gasteiger partial charge in [-0.25, -0.2) is 0 Å². The monoisotopic (exact) mass is 249 g/mol. The minimum atomic E-state index is 0.532. The third kappa shape index (κ3) is 4.47. The summed E-state index contributed by atoms with van der Waals surface area (Å²) in [7, 11) is 0. The van der Waals surface area contributed by atoms with E-state index in [0.29, 0.717) is 10.9 Å². The van der Waals surface area contributed by atoms with E-state index in [2.05, 4.69) is 39.0 Å². The van der Waals surface area contributed by atoms with E-state index in [1.54, 1.807) is 0 Å². The largest absolute Gasteiger partial charge is 0.393 e. The molecule has 2 heteroatoms. The smallest absolute Gasteiger partial charge is 0.0730 e. The quantitative estimate of drug-likeness (QED) is 0.779. The molecule has 0 amide bonds. The van der Waals surface area contributed by atoms with E-state index in [-0.39, 0.29) is 0 Å². The highest BCUT2D eigenvalue weighted by atomic mass is 32.1. The number of aryl methyl sites for hydroxylation is 2. The van der Waals surface area contributed by atoms with Gasteiger partial charge in [0.15, 0.2) is 0 Å². The average molecular weight is 249 g/mol. The summed E-state index contributed by atoms with van der Waals surface area (Å²) in [6, 6.07) is 6.84. The molecule has 0 aliphatic heterocycles. The fourth-order valence-electron chi connectivity index (χ4n) is 2.23. The molecular formula is C15H23NS. The standard InChI is InChI=1S/C15H23NS/c1-4-12-6-7-13(5-2)14(10-12)8-11(3)9-15(16)17/h6-7,10-11H,4-5,8-9H2,1-3H3,(H2,16,17). The Morgan fingerprint density at radius 1 is 1.24 bits per heavy atom. The second-order valence-corrected chi connectivity index (χ2v) is 5.31. The molecule has 0 aliphatic rings. The second-order valence-electron chi connectivity index (χ2n) is 4.79. The Bertz CT molecular complexity index is 385. The second kappa shape index (κ2) is 6.75. The van der Waals surface area contributed by atoms with Gasteiger partial charge in [-0.15, -0.1) is 0 Å².